The molecule has 0 aliphatic carbocycles. The maximum Gasteiger partial charge on any atom is 3.00 e. The van der Waals surface area contributed by atoms with Gasteiger partial charge in [0.25, 0.3) is 0 Å². The van der Waals surface area contributed by atoms with Crippen molar-refractivity contribution in [3.05, 3.63) is 0 Å². The first-order valence-corrected chi connectivity index (χ1v) is 9.72. The molecule has 0 amide bonds. The van der Waals surface area contributed by atoms with Crippen molar-refractivity contribution in [2.24, 2.45) is 0 Å². The fourth-order valence-electron chi connectivity index (χ4n) is 2.09. The van der Waals surface area contributed by atoms with Crippen LogP contribution in [0.1, 0.15) is 19.3 Å². The standard InChI is InChI=1S/3C6H8O8.Al.3Ca/c3*7-2(8)1-6(14,5(12)13)3(9)4(10)11;;;;/h3*3,9,14H,1H2,(H,7,8)(H,10,11)(H,12,13);;;;/q;;;+3;3*+2/p-9. The first kappa shape index (κ1) is 60.6. The smallest absolute Gasteiger partial charge is 0.550 e. The van der Waals surface area contributed by atoms with E-state index < -0.39 is 108 Å². The summed E-state index contributed by atoms with van der Waals surface area (Å²) in [5.41, 5.74) is -10.4. The van der Waals surface area contributed by atoms with Crippen molar-refractivity contribution in [1.29, 1.82) is 0 Å². The SMILES string of the molecule is O=C([O-])CC(O)(C(=O)[O-])C(O)C(=O)[O-].O=C([O-])CC(O)(C(=O)[O-])C(O)C(=O)[O-].O=C([O-])CC(O)(C(=O)[O-])C(O)C(=O)[O-].[Al+3].[Ca+2].[Ca+2].[Ca+2]. The molecule has 0 aliphatic rings. The summed E-state index contributed by atoms with van der Waals surface area (Å²) in [5.74, 6) is -20.5. The van der Waals surface area contributed by atoms with Crippen LogP contribution in [-0.4, -0.2) is 250 Å². The molecule has 0 aliphatic heterocycles. The van der Waals surface area contributed by atoms with E-state index in [4.69, 9.17) is 30.6 Å². The summed E-state index contributed by atoms with van der Waals surface area (Å²) < 4.78 is 0. The van der Waals surface area contributed by atoms with Gasteiger partial charge in [0.05, 0.1) is 35.8 Å². The molecule has 0 rings (SSSR count). The molecule has 0 spiro atoms. The van der Waals surface area contributed by atoms with Crippen LogP contribution in [0.5, 0.6) is 0 Å². The Kier molecular flexibility index (Phi) is 34.5. The van der Waals surface area contributed by atoms with Crippen LogP contribution >= 0.6 is 0 Å². The van der Waals surface area contributed by atoms with Crippen molar-refractivity contribution in [2.75, 3.05) is 0 Å². The third kappa shape index (κ3) is 20.0. The van der Waals surface area contributed by atoms with Gasteiger partial charge >= 0.3 is 131 Å². The van der Waals surface area contributed by atoms with Gasteiger partial charge in [-0.2, -0.15) is 0 Å². The molecular formula is C18H15AlCa3O24. The molecule has 0 aromatic heterocycles. The van der Waals surface area contributed by atoms with E-state index in [-0.39, 0.29) is 131 Å². The molecule has 240 valence electrons. The summed E-state index contributed by atoms with van der Waals surface area (Å²) in [4.78, 5) is 90.5. The number of carboxylic acid groups (broad SMARTS) is 9. The largest absolute Gasteiger partial charge is 3.00 e. The summed E-state index contributed by atoms with van der Waals surface area (Å²) in [7, 11) is 0. The minimum absolute atomic E-state index is 0. The first-order valence-electron chi connectivity index (χ1n) is 9.72. The quantitative estimate of drug-likeness (QED) is 0.0843. The fourth-order valence-corrected chi connectivity index (χ4v) is 2.09. The van der Waals surface area contributed by atoms with Crippen LogP contribution in [0.4, 0.5) is 0 Å². The van der Waals surface area contributed by atoms with Crippen molar-refractivity contribution in [3.8, 4) is 0 Å². The summed E-state index contributed by atoms with van der Waals surface area (Å²) in [6.07, 6.45) is -13.6. The van der Waals surface area contributed by atoms with Crippen LogP contribution in [0.15, 0.2) is 0 Å². The predicted molar refractivity (Wildman–Crippen MR) is 115 cm³/mol. The summed E-state index contributed by atoms with van der Waals surface area (Å²) in [5, 5.41) is 143. The molecule has 0 aromatic rings. The van der Waals surface area contributed by atoms with E-state index in [1.807, 2.05) is 0 Å². The van der Waals surface area contributed by atoms with E-state index in [1.54, 1.807) is 0 Å². The van der Waals surface area contributed by atoms with Gasteiger partial charge in [-0.25, -0.2) is 0 Å². The Hall–Kier alpha value is -0.698. The number of aliphatic hydroxyl groups is 6. The molecule has 6 N–H and O–H groups in total. The molecule has 6 atom stereocenters. The van der Waals surface area contributed by atoms with Gasteiger partial charge in [-0.3, -0.25) is 0 Å². The molecule has 0 heterocycles. The van der Waals surface area contributed by atoms with Gasteiger partial charge < -0.3 is 120 Å². The zero-order valence-corrected chi connectivity index (χ0v) is 30.4. The molecule has 24 nitrogen and oxygen atoms in total. The summed E-state index contributed by atoms with van der Waals surface area (Å²) in [6.45, 7) is 0. The second-order valence-corrected chi connectivity index (χ2v) is 7.45. The average Bonchev–Trinajstić information content (AvgIpc) is 2.81. The van der Waals surface area contributed by atoms with E-state index in [0.717, 1.165) is 0 Å². The topological polar surface area (TPSA) is 483 Å². The molecule has 46 heavy (non-hydrogen) atoms. The maximum absolute atomic E-state index is 10.2. The van der Waals surface area contributed by atoms with Crippen molar-refractivity contribution >= 4 is 184 Å². The second kappa shape index (κ2) is 26.2. The Balaban J connectivity index is -0.0000000951. The average molecular weight is 763 g/mol. The number of hydrogen-bond acceptors (Lipinski definition) is 24. The number of rotatable bonds is 15. The van der Waals surface area contributed by atoms with Gasteiger partial charge in [-0.1, -0.05) is 0 Å². The zero-order valence-electron chi connectivity index (χ0n) is 22.6. The molecule has 0 fully saturated rings. The van der Waals surface area contributed by atoms with Gasteiger partial charge in [-0.15, -0.1) is 0 Å². The van der Waals surface area contributed by atoms with Crippen LogP contribution in [0.2, 0.25) is 0 Å². The number of aliphatic carboxylic acids is 9. The molecule has 0 bridgehead atoms. The number of hydrogen-bond donors (Lipinski definition) is 6. The minimum atomic E-state index is -3.46. The van der Waals surface area contributed by atoms with Gasteiger partial charge in [0.1, 0.15) is 35.1 Å². The molecule has 0 saturated carbocycles. The fraction of sp³-hybridized carbons (Fsp3) is 0.500. The van der Waals surface area contributed by atoms with Crippen LogP contribution in [-0.2, 0) is 43.2 Å². The monoisotopic (exact) mass is 762 g/mol. The zero-order chi connectivity index (χ0) is 34.5. The normalized spacial score (nSPS) is 15.3. The predicted octanol–water partition coefficient (Wildman–Crippen LogP) is -20.4. The third-order valence-electron chi connectivity index (χ3n) is 4.33. The van der Waals surface area contributed by atoms with Gasteiger partial charge in [0.2, 0.25) is 0 Å². The molecule has 0 radical (unpaired) electrons. The number of carbonyl (C=O) groups excluding carboxylic acids is 9. The molecule has 28 heteroatoms. The van der Waals surface area contributed by atoms with Gasteiger partial charge in [-0.05, 0) is 0 Å². The molecule has 0 saturated heterocycles. The van der Waals surface area contributed by atoms with E-state index in [0.29, 0.717) is 0 Å². The van der Waals surface area contributed by atoms with Crippen LogP contribution in [0.3, 0.4) is 0 Å². The van der Waals surface area contributed by atoms with Crippen molar-refractivity contribution in [3.63, 3.8) is 0 Å². The number of aliphatic hydroxyl groups excluding tert-OH is 3. The Bertz CT molecular complexity index is 969. The molecule has 6 unspecified atom stereocenters. The molecule has 0 aromatic carbocycles. The Labute approximate surface area is 354 Å². The van der Waals surface area contributed by atoms with Crippen LogP contribution in [0, 0.1) is 0 Å². The summed E-state index contributed by atoms with van der Waals surface area (Å²) >= 11 is 0. The van der Waals surface area contributed by atoms with Gasteiger partial charge in [0.15, 0.2) is 0 Å². The number of carboxylic acids is 9. The minimum Gasteiger partial charge on any atom is -0.550 e. The van der Waals surface area contributed by atoms with Crippen molar-refractivity contribution in [2.45, 2.75) is 54.4 Å². The Morgan fingerprint density at radius 3 is 0.609 bits per heavy atom. The van der Waals surface area contributed by atoms with E-state index >= 15 is 0 Å². The van der Waals surface area contributed by atoms with Crippen LogP contribution < -0.4 is 46.0 Å². The van der Waals surface area contributed by atoms with Crippen molar-refractivity contribution < 1.29 is 120 Å². The second-order valence-electron chi connectivity index (χ2n) is 7.45. The van der Waals surface area contributed by atoms with E-state index in [2.05, 4.69) is 0 Å². The third-order valence-corrected chi connectivity index (χ3v) is 4.33. The van der Waals surface area contributed by atoms with E-state index in [1.165, 1.54) is 0 Å². The van der Waals surface area contributed by atoms with E-state index in [9.17, 15) is 89.1 Å². The van der Waals surface area contributed by atoms with Gasteiger partial charge in [0, 0.05) is 37.2 Å². The summed E-state index contributed by atoms with van der Waals surface area (Å²) in [6, 6.07) is 0. The van der Waals surface area contributed by atoms with Crippen molar-refractivity contribution in [1.82, 2.24) is 0 Å². The number of carbonyl (C=O) groups is 9. The maximum atomic E-state index is 10.2. The molecular weight excluding hydrogens is 747 g/mol. The Morgan fingerprint density at radius 1 is 0.413 bits per heavy atom. The Morgan fingerprint density at radius 2 is 0.543 bits per heavy atom. The first-order chi connectivity index (χ1) is 18.6. The van der Waals surface area contributed by atoms with Crippen LogP contribution in [0.25, 0.3) is 0 Å².